The van der Waals surface area contributed by atoms with Crippen molar-refractivity contribution in [2.45, 2.75) is 10.1 Å². The van der Waals surface area contributed by atoms with Crippen LogP contribution in [-0.4, -0.2) is 25.8 Å². The van der Waals surface area contributed by atoms with Crippen molar-refractivity contribution in [1.82, 2.24) is 14.8 Å². The molecule has 1 aromatic heterocycles. The van der Waals surface area contributed by atoms with E-state index in [0.717, 1.165) is 4.90 Å². The van der Waals surface area contributed by atoms with Crippen LogP contribution in [0.3, 0.4) is 0 Å². The van der Waals surface area contributed by atoms with E-state index >= 15 is 0 Å². The summed E-state index contributed by atoms with van der Waals surface area (Å²) in [4.78, 5) is 0.744. The Balaban J connectivity index is 2.43. The monoisotopic (exact) mass is 283 g/mol. The first-order valence-corrected chi connectivity index (χ1v) is 6.10. The van der Waals surface area contributed by atoms with E-state index in [9.17, 15) is 0 Å². The molecule has 0 saturated carbocycles. The van der Waals surface area contributed by atoms with E-state index in [1.54, 1.807) is 29.1 Å². The van der Waals surface area contributed by atoms with Crippen molar-refractivity contribution < 1.29 is 5.21 Å². The molecule has 0 bridgehead atoms. The maximum atomic E-state index is 8.75. The molecule has 0 aliphatic rings. The number of hydrogen-bond acceptors (Lipinski definition) is 5. The van der Waals surface area contributed by atoms with Gasteiger partial charge in [-0.2, -0.15) is 0 Å². The number of oxime groups is 1. The van der Waals surface area contributed by atoms with Gasteiger partial charge in [-0.25, -0.2) is 0 Å². The summed E-state index contributed by atoms with van der Waals surface area (Å²) in [5.74, 6) is 0.0244. The summed E-state index contributed by atoms with van der Waals surface area (Å²) in [5.41, 5.74) is 6.21. The summed E-state index contributed by atoms with van der Waals surface area (Å²) < 4.78 is 1.77. The van der Waals surface area contributed by atoms with Crippen molar-refractivity contribution in [3.63, 3.8) is 0 Å². The van der Waals surface area contributed by atoms with Crippen LogP contribution in [0.2, 0.25) is 5.02 Å². The van der Waals surface area contributed by atoms with Crippen LogP contribution in [0.25, 0.3) is 0 Å². The first-order chi connectivity index (χ1) is 8.61. The molecular formula is C10H10ClN5OS. The van der Waals surface area contributed by atoms with Gasteiger partial charge >= 0.3 is 0 Å². The maximum absolute atomic E-state index is 8.75. The minimum Gasteiger partial charge on any atom is -0.409 e. The van der Waals surface area contributed by atoms with E-state index in [2.05, 4.69) is 15.4 Å². The molecular weight excluding hydrogens is 274 g/mol. The van der Waals surface area contributed by atoms with Crippen molar-refractivity contribution in [2.24, 2.45) is 17.9 Å². The lowest BCUT2D eigenvalue weighted by atomic mass is 10.2. The lowest BCUT2D eigenvalue weighted by molar-refractivity contribution is 0.318. The van der Waals surface area contributed by atoms with Gasteiger partial charge in [-0.15, -0.1) is 10.2 Å². The zero-order chi connectivity index (χ0) is 13.1. The highest BCUT2D eigenvalue weighted by molar-refractivity contribution is 7.99. The van der Waals surface area contributed by atoms with Gasteiger partial charge in [-0.3, -0.25) is 0 Å². The largest absolute Gasteiger partial charge is 0.409 e. The Kier molecular flexibility index (Phi) is 3.73. The number of halogens is 1. The van der Waals surface area contributed by atoms with Gasteiger partial charge in [0.05, 0.1) is 0 Å². The molecule has 0 atom stereocenters. The molecule has 8 heteroatoms. The molecule has 3 N–H and O–H groups in total. The quantitative estimate of drug-likeness (QED) is 0.387. The molecule has 0 aliphatic carbocycles. The minimum absolute atomic E-state index is 0.0244. The Morgan fingerprint density at radius 3 is 2.94 bits per heavy atom. The molecule has 0 amide bonds. The van der Waals surface area contributed by atoms with Crippen molar-refractivity contribution in [2.75, 3.05) is 0 Å². The van der Waals surface area contributed by atoms with Gasteiger partial charge in [0, 0.05) is 22.5 Å². The van der Waals surface area contributed by atoms with Gasteiger partial charge in [0.15, 0.2) is 11.0 Å². The SMILES string of the molecule is Cn1cnnc1Sc1cc(Cl)ccc1C(N)=NO. The second-order valence-corrected chi connectivity index (χ2v) is 4.90. The second-order valence-electron chi connectivity index (χ2n) is 3.45. The van der Waals surface area contributed by atoms with Gasteiger partial charge in [-0.05, 0) is 30.0 Å². The number of aromatic nitrogens is 3. The Morgan fingerprint density at radius 2 is 2.33 bits per heavy atom. The fourth-order valence-corrected chi connectivity index (χ4v) is 2.49. The third-order valence-electron chi connectivity index (χ3n) is 2.20. The Morgan fingerprint density at radius 1 is 1.56 bits per heavy atom. The van der Waals surface area contributed by atoms with E-state index in [0.29, 0.717) is 15.7 Å². The Bertz CT molecular complexity index is 598. The van der Waals surface area contributed by atoms with E-state index in [4.69, 9.17) is 22.5 Å². The molecule has 18 heavy (non-hydrogen) atoms. The van der Waals surface area contributed by atoms with Gasteiger partial charge < -0.3 is 15.5 Å². The summed E-state index contributed by atoms with van der Waals surface area (Å²) in [5, 5.41) is 20.7. The standard InChI is InChI=1S/C10H10ClN5OS/c1-16-5-13-14-10(16)18-8-4-6(11)2-3-7(8)9(12)15-17/h2-5,17H,1H3,(H2,12,15). The first kappa shape index (κ1) is 12.7. The summed E-state index contributed by atoms with van der Waals surface area (Å²) >= 11 is 7.28. The Hall–Kier alpha value is -1.73. The zero-order valence-electron chi connectivity index (χ0n) is 9.41. The molecule has 6 nitrogen and oxygen atoms in total. The number of amidine groups is 1. The highest BCUT2D eigenvalue weighted by atomic mass is 35.5. The molecule has 2 rings (SSSR count). The average Bonchev–Trinajstić information content (AvgIpc) is 2.74. The number of hydrogen-bond donors (Lipinski definition) is 2. The summed E-state index contributed by atoms with van der Waals surface area (Å²) in [7, 11) is 1.83. The van der Waals surface area contributed by atoms with Gasteiger partial charge in [0.25, 0.3) is 0 Å². The van der Waals surface area contributed by atoms with Crippen LogP contribution < -0.4 is 5.73 Å². The number of aryl methyl sites for hydroxylation is 1. The number of nitrogens with two attached hydrogens (primary N) is 1. The summed E-state index contributed by atoms with van der Waals surface area (Å²) in [6.45, 7) is 0. The molecule has 0 spiro atoms. The third kappa shape index (κ3) is 2.57. The van der Waals surface area contributed by atoms with E-state index < -0.39 is 0 Å². The van der Waals surface area contributed by atoms with Crippen LogP contribution in [0.15, 0.2) is 39.7 Å². The minimum atomic E-state index is 0.0244. The van der Waals surface area contributed by atoms with Crippen LogP contribution in [0, 0.1) is 0 Å². The second kappa shape index (κ2) is 5.28. The number of rotatable bonds is 3. The van der Waals surface area contributed by atoms with Crippen LogP contribution in [0.5, 0.6) is 0 Å². The van der Waals surface area contributed by atoms with Crippen molar-refractivity contribution >= 4 is 29.2 Å². The molecule has 0 fully saturated rings. The van der Waals surface area contributed by atoms with Gasteiger partial charge in [-0.1, -0.05) is 16.8 Å². The maximum Gasteiger partial charge on any atom is 0.195 e. The van der Waals surface area contributed by atoms with Crippen LogP contribution in [-0.2, 0) is 7.05 Å². The van der Waals surface area contributed by atoms with E-state index in [1.165, 1.54) is 11.8 Å². The normalized spacial score (nSPS) is 11.8. The number of benzene rings is 1. The molecule has 0 radical (unpaired) electrons. The fraction of sp³-hybridized carbons (Fsp3) is 0.100. The molecule has 0 aliphatic heterocycles. The molecule has 0 saturated heterocycles. The zero-order valence-corrected chi connectivity index (χ0v) is 11.0. The lowest BCUT2D eigenvalue weighted by Gasteiger charge is -2.07. The fourth-order valence-electron chi connectivity index (χ4n) is 1.31. The van der Waals surface area contributed by atoms with Crippen molar-refractivity contribution in [1.29, 1.82) is 0 Å². The van der Waals surface area contributed by atoms with E-state index in [-0.39, 0.29) is 5.84 Å². The van der Waals surface area contributed by atoms with Crippen LogP contribution in [0.4, 0.5) is 0 Å². The smallest absolute Gasteiger partial charge is 0.195 e. The molecule has 94 valence electrons. The average molecular weight is 284 g/mol. The van der Waals surface area contributed by atoms with Crippen molar-refractivity contribution in [3.8, 4) is 0 Å². The predicted octanol–water partition coefficient (Wildman–Crippen LogP) is 1.71. The first-order valence-electron chi connectivity index (χ1n) is 4.91. The number of nitrogens with zero attached hydrogens (tertiary/aromatic N) is 4. The van der Waals surface area contributed by atoms with E-state index in [1.807, 2.05) is 7.05 Å². The Labute approximate surface area is 112 Å². The van der Waals surface area contributed by atoms with Crippen molar-refractivity contribution in [3.05, 3.63) is 35.1 Å². The van der Waals surface area contributed by atoms with Crippen LogP contribution in [0.1, 0.15) is 5.56 Å². The predicted molar refractivity (Wildman–Crippen MR) is 69.1 cm³/mol. The van der Waals surface area contributed by atoms with Gasteiger partial charge in [0.1, 0.15) is 6.33 Å². The molecule has 1 heterocycles. The van der Waals surface area contributed by atoms with Gasteiger partial charge in [0.2, 0.25) is 0 Å². The highest BCUT2D eigenvalue weighted by Gasteiger charge is 2.12. The molecule has 0 unspecified atom stereocenters. The highest BCUT2D eigenvalue weighted by Crippen LogP contribution is 2.30. The summed E-state index contributed by atoms with van der Waals surface area (Å²) in [6.07, 6.45) is 1.59. The molecule has 1 aromatic carbocycles. The lowest BCUT2D eigenvalue weighted by Crippen LogP contribution is -2.14. The third-order valence-corrected chi connectivity index (χ3v) is 3.54. The summed E-state index contributed by atoms with van der Waals surface area (Å²) in [6, 6.07) is 5.10. The molecule has 2 aromatic rings. The topological polar surface area (TPSA) is 89.3 Å². The van der Waals surface area contributed by atoms with Crippen LogP contribution >= 0.6 is 23.4 Å².